The number of nitrogens with one attached hydrogen (secondary N) is 2. The van der Waals surface area contributed by atoms with Crippen LogP contribution in [-0.2, 0) is 4.79 Å². The third-order valence-corrected chi connectivity index (χ3v) is 2.39. The fraction of sp³-hybridized carbons (Fsp3) is 0.500. The number of hydrogen-bond donors (Lipinski definition) is 3. The van der Waals surface area contributed by atoms with E-state index in [9.17, 15) is 4.79 Å². The highest BCUT2D eigenvalue weighted by Gasteiger charge is 2.09. The standard InChI is InChI=1S/C10H18N6O/c1-7-6-13-10(15-11)14-9(7)16(3)5-4-8(17)12-2/h6H,4-5,11H2,1-3H3,(H,12,17)(H,13,14,15). The summed E-state index contributed by atoms with van der Waals surface area (Å²) in [5.74, 6) is 6.38. The molecule has 0 atom stereocenters. The Morgan fingerprint density at radius 2 is 2.29 bits per heavy atom. The summed E-state index contributed by atoms with van der Waals surface area (Å²) in [6.07, 6.45) is 2.11. The van der Waals surface area contributed by atoms with Gasteiger partial charge in [-0.3, -0.25) is 10.2 Å². The molecule has 7 heteroatoms. The molecule has 17 heavy (non-hydrogen) atoms. The van der Waals surface area contributed by atoms with Gasteiger partial charge in [0.05, 0.1) is 0 Å². The predicted molar refractivity (Wildman–Crippen MR) is 66.5 cm³/mol. The molecule has 1 rings (SSSR count). The van der Waals surface area contributed by atoms with Crippen molar-refractivity contribution < 1.29 is 4.79 Å². The number of nitrogens with zero attached hydrogens (tertiary/aromatic N) is 3. The number of aryl methyl sites for hydroxylation is 1. The number of anilines is 2. The van der Waals surface area contributed by atoms with E-state index in [1.807, 2.05) is 18.9 Å². The first-order valence-electron chi connectivity index (χ1n) is 5.30. The lowest BCUT2D eigenvalue weighted by Crippen LogP contribution is -2.27. The maximum absolute atomic E-state index is 11.2. The average molecular weight is 238 g/mol. The van der Waals surface area contributed by atoms with E-state index in [1.54, 1.807) is 13.2 Å². The largest absolute Gasteiger partial charge is 0.359 e. The fourth-order valence-electron chi connectivity index (χ4n) is 1.39. The van der Waals surface area contributed by atoms with Gasteiger partial charge in [0.2, 0.25) is 11.9 Å². The molecule has 4 N–H and O–H groups in total. The van der Waals surface area contributed by atoms with Gasteiger partial charge in [0.1, 0.15) is 5.82 Å². The van der Waals surface area contributed by atoms with Gasteiger partial charge in [0, 0.05) is 38.8 Å². The third kappa shape index (κ3) is 3.56. The number of carbonyl (C=O) groups is 1. The lowest BCUT2D eigenvalue weighted by Gasteiger charge is -2.19. The van der Waals surface area contributed by atoms with Crippen molar-refractivity contribution in [3.63, 3.8) is 0 Å². The van der Waals surface area contributed by atoms with E-state index in [4.69, 9.17) is 5.84 Å². The Hall–Kier alpha value is -1.89. The molecule has 0 aliphatic heterocycles. The molecule has 0 radical (unpaired) electrons. The normalized spacial score (nSPS) is 9.88. The van der Waals surface area contributed by atoms with E-state index in [2.05, 4.69) is 20.7 Å². The molecule has 1 aromatic rings. The van der Waals surface area contributed by atoms with Crippen LogP contribution in [0.25, 0.3) is 0 Å². The molecule has 0 aliphatic carbocycles. The molecule has 0 unspecified atom stereocenters. The lowest BCUT2D eigenvalue weighted by atomic mass is 10.3. The molecule has 7 nitrogen and oxygen atoms in total. The SMILES string of the molecule is CNC(=O)CCN(C)c1nc(NN)ncc1C. The Balaban J connectivity index is 2.73. The second kappa shape index (κ2) is 6.00. The van der Waals surface area contributed by atoms with Crippen LogP contribution in [0, 0.1) is 6.92 Å². The van der Waals surface area contributed by atoms with Crippen molar-refractivity contribution in [3.05, 3.63) is 11.8 Å². The second-order valence-corrected chi connectivity index (χ2v) is 3.69. The van der Waals surface area contributed by atoms with Crippen molar-refractivity contribution in [1.82, 2.24) is 15.3 Å². The summed E-state index contributed by atoms with van der Waals surface area (Å²) < 4.78 is 0. The van der Waals surface area contributed by atoms with Crippen molar-refractivity contribution in [1.29, 1.82) is 0 Å². The van der Waals surface area contributed by atoms with Crippen LogP contribution in [0.5, 0.6) is 0 Å². The van der Waals surface area contributed by atoms with Crippen LogP contribution in [0.3, 0.4) is 0 Å². The Morgan fingerprint density at radius 1 is 1.59 bits per heavy atom. The molecule has 1 heterocycles. The van der Waals surface area contributed by atoms with Gasteiger partial charge in [-0.15, -0.1) is 0 Å². The van der Waals surface area contributed by atoms with Gasteiger partial charge in [-0.25, -0.2) is 10.8 Å². The van der Waals surface area contributed by atoms with Crippen molar-refractivity contribution >= 4 is 17.7 Å². The summed E-state index contributed by atoms with van der Waals surface area (Å²) in [4.78, 5) is 21.3. The van der Waals surface area contributed by atoms with E-state index in [0.29, 0.717) is 18.9 Å². The summed E-state index contributed by atoms with van der Waals surface area (Å²) in [6, 6.07) is 0. The Bertz CT molecular complexity index is 394. The number of carbonyl (C=O) groups excluding carboxylic acids is 1. The highest BCUT2D eigenvalue weighted by molar-refractivity contribution is 5.76. The van der Waals surface area contributed by atoms with Gasteiger partial charge in [0.15, 0.2) is 0 Å². The Labute approximate surface area is 100 Å². The summed E-state index contributed by atoms with van der Waals surface area (Å²) in [5.41, 5.74) is 3.33. The van der Waals surface area contributed by atoms with Crippen LogP contribution in [0.1, 0.15) is 12.0 Å². The van der Waals surface area contributed by atoms with Crippen LogP contribution in [0.15, 0.2) is 6.20 Å². The number of nitrogen functional groups attached to an aromatic ring is 1. The van der Waals surface area contributed by atoms with Crippen LogP contribution in [0.4, 0.5) is 11.8 Å². The number of hydrazine groups is 1. The zero-order valence-corrected chi connectivity index (χ0v) is 10.3. The molecular weight excluding hydrogens is 220 g/mol. The van der Waals surface area contributed by atoms with E-state index in [1.165, 1.54) is 0 Å². The third-order valence-electron chi connectivity index (χ3n) is 2.39. The predicted octanol–water partition coefficient (Wildman–Crippen LogP) is -0.357. The molecule has 1 aromatic heterocycles. The van der Waals surface area contributed by atoms with Crippen LogP contribution >= 0.6 is 0 Å². The topological polar surface area (TPSA) is 96.2 Å². The fourth-order valence-corrected chi connectivity index (χ4v) is 1.39. The van der Waals surface area contributed by atoms with Gasteiger partial charge in [-0.05, 0) is 6.92 Å². The Morgan fingerprint density at radius 3 is 2.88 bits per heavy atom. The molecule has 0 fully saturated rings. The first-order valence-corrected chi connectivity index (χ1v) is 5.30. The minimum absolute atomic E-state index is 0.000678. The molecule has 0 aliphatic rings. The molecule has 94 valence electrons. The first-order chi connectivity index (χ1) is 8.08. The zero-order valence-electron chi connectivity index (χ0n) is 10.3. The summed E-state index contributed by atoms with van der Waals surface area (Å²) in [6.45, 7) is 2.49. The second-order valence-electron chi connectivity index (χ2n) is 3.69. The van der Waals surface area contributed by atoms with Crippen LogP contribution < -0.4 is 21.5 Å². The van der Waals surface area contributed by atoms with Gasteiger partial charge in [0.25, 0.3) is 0 Å². The Kier molecular flexibility index (Phi) is 4.65. The maximum Gasteiger partial charge on any atom is 0.239 e. The highest BCUT2D eigenvalue weighted by Crippen LogP contribution is 2.16. The van der Waals surface area contributed by atoms with Crippen LogP contribution in [-0.4, -0.2) is 36.5 Å². The van der Waals surface area contributed by atoms with Crippen molar-refractivity contribution in [2.75, 3.05) is 31.0 Å². The maximum atomic E-state index is 11.2. The first kappa shape index (κ1) is 13.2. The number of nitrogens with two attached hydrogens (primary N) is 1. The molecule has 0 aromatic carbocycles. The highest BCUT2D eigenvalue weighted by atomic mass is 16.1. The van der Waals surface area contributed by atoms with Crippen molar-refractivity contribution in [2.24, 2.45) is 5.84 Å². The van der Waals surface area contributed by atoms with E-state index in [0.717, 1.165) is 11.4 Å². The molecule has 0 saturated heterocycles. The molecule has 1 amide bonds. The lowest BCUT2D eigenvalue weighted by molar-refractivity contribution is -0.120. The molecule has 0 spiro atoms. The van der Waals surface area contributed by atoms with E-state index in [-0.39, 0.29) is 5.91 Å². The van der Waals surface area contributed by atoms with Crippen molar-refractivity contribution in [2.45, 2.75) is 13.3 Å². The number of hydrogen-bond acceptors (Lipinski definition) is 6. The van der Waals surface area contributed by atoms with Gasteiger partial charge in [-0.1, -0.05) is 0 Å². The molecule has 0 bridgehead atoms. The monoisotopic (exact) mass is 238 g/mol. The molecule has 0 saturated carbocycles. The van der Waals surface area contributed by atoms with E-state index < -0.39 is 0 Å². The van der Waals surface area contributed by atoms with Gasteiger partial charge < -0.3 is 10.2 Å². The number of rotatable bonds is 5. The smallest absolute Gasteiger partial charge is 0.239 e. The average Bonchev–Trinajstić information content (AvgIpc) is 2.36. The quantitative estimate of drug-likeness (QED) is 0.479. The summed E-state index contributed by atoms with van der Waals surface area (Å²) in [7, 11) is 3.49. The van der Waals surface area contributed by atoms with Crippen LogP contribution in [0.2, 0.25) is 0 Å². The minimum atomic E-state index is 0.000678. The van der Waals surface area contributed by atoms with Crippen molar-refractivity contribution in [3.8, 4) is 0 Å². The number of aromatic nitrogens is 2. The van der Waals surface area contributed by atoms with Gasteiger partial charge in [-0.2, -0.15) is 4.98 Å². The minimum Gasteiger partial charge on any atom is -0.359 e. The van der Waals surface area contributed by atoms with Gasteiger partial charge >= 0.3 is 0 Å². The summed E-state index contributed by atoms with van der Waals surface area (Å²) >= 11 is 0. The molecular formula is C10H18N6O. The summed E-state index contributed by atoms with van der Waals surface area (Å²) in [5, 5.41) is 2.58. The number of amides is 1. The zero-order chi connectivity index (χ0) is 12.8. The van der Waals surface area contributed by atoms with E-state index >= 15 is 0 Å².